The van der Waals surface area contributed by atoms with E-state index in [2.05, 4.69) is 42.5 Å². The fourth-order valence-corrected chi connectivity index (χ4v) is 2.58. The molecule has 2 heteroatoms. The molecular formula is C15H16N2. The summed E-state index contributed by atoms with van der Waals surface area (Å²) in [5, 5.41) is 1.91. The van der Waals surface area contributed by atoms with E-state index in [1.54, 1.807) is 0 Å². The zero-order valence-electron chi connectivity index (χ0n) is 9.71. The highest BCUT2D eigenvalue weighted by Gasteiger charge is 2.24. The topological polar surface area (TPSA) is 29.3 Å². The summed E-state index contributed by atoms with van der Waals surface area (Å²) in [6.45, 7) is 0. The molecular weight excluding hydrogens is 208 g/mol. The van der Waals surface area contributed by atoms with Crippen molar-refractivity contribution in [3.05, 3.63) is 65.7 Å². The average molecular weight is 224 g/mol. The number of nitrogens with zero attached hydrogens (tertiary/aromatic N) is 1. The Morgan fingerprint density at radius 3 is 2.47 bits per heavy atom. The van der Waals surface area contributed by atoms with Crippen LogP contribution in [-0.4, -0.2) is 0 Å². The summed E-state index contributed by atoms with van der Waals surface area (Å²) >= 11 is 0. The Hall–Kier alpha value is -1.80. The number of aryl methyl sites for hydroxylation is 1. The largest absolute Gasteiger partial charge is 0.303 e. The van der Waals surface area contributed by atoms with Gasteiger partial charge in [0.15, 0.2) is 0 Å². The molecule has 0 fully saturated rings. The summed E-state index contributed by atoms with van der Waals surface area (Å²) in [5.41, 5.74) is 3.80. The van der Waals surface area contributed by atoms with Gasteiger partial charge in [-0.15, -0.1) is 0 Å². The predicted octanol–water partition coefficient (Wildman–Crippen LogP) is 3.05. The van der Waals surface area contributed by atoms with Gasteiger partial charge in [-0.3, -0.25) is 0 Å². The van der Waals surface area contributed by atoms with Crippen LogP contribution >= 0.6 is 0 Å². The maximum atomic E-state index is 6.26. The molecule has 0 aromatic heterocycles. The minimum absolute atomic E-state index is 0.297. The molecule has 2 N–H and O–H groups in total. The van der Waals surface area contributed by atoms with E-state index < -0.39 is 0 Å². The number of hydrazine groups is 1. The van der Waals surface area contributed by atoms with E-state index >= 15 is 0 Å². The fraction of sp³-hybridized carbons (Fsp3) is 0.200. The molecule has 2 nitrogen and oxygen atoms in total. The van der Waals surface area contributed by atoms with Gasteiger partial charge in [-0.1, -0.05) is 48.5 Å². The Morgan fingerprint density at radius 1 is 0.941 bits per heavy atom. The lowest BCUT2D eigenvalue weighted by Crippen LogP contribution is -2.38. The first-order valence-corrected chi connectivity index (χ1v) is 6.03. The van der Waals surface area contributed by atoms with Crippen LogP contribution in [0.4, 0.5) is 5.69 Å². The van der Waals surface area contributed by atoms with Gasteiger partial charge in [0, 0.05) is 0 Å². The first-order valence-electron chi connectivity index (χ1n) is 6.03. The second-order valence-electron chi connectivity index (χ2n) is 4.50. The van der Waals surface area contributed by atoms with Gasteiger partial charge in [0.25, 0.3) is 0 Å². The summed E-state index contributed by atoms with van der Waals surface area (Å²) in [7, 11) is 0. The molecule has 1 atom stereocenters. The van der Waals surface area contributed by atoms with E-state index in [1.165, 1.54) is 11.1 Å². The van der Waals surface area contributed by atoms with E-state index in [1.807, 2.05) is 17.1 Å². The minimum Gasteiger partial charge on any atom is -0.303 e. The van der Waals surface area contributed by atoms with E-state index in [9.17, 15) is 0 Å². The molecule has 0 radical (unpaired) electrons. The van der Waals surface area contributed by atoms with Crippen molar-refractivity contribution in [3.63, 3.8) is 0 Å². The summed E-state index contributed by atoms with van der Waals surface area (Å²) in [6, 6.07) is 19.2. The number of para-hydroxylation sites is 1. The second kappa shape index (κ2) is 4.22. The quantitative estimate of drug-likeness (QED) is 0.754. The molecule has 0 aliphatic carbocycles. The summed E-state index contributed by atoms with van der Waals surface area (Å²) in [6.07, 6.45) is 2.18. The van der Waals surface area contributed by atoms with Crippen LogP contribution in [0.25, 0.3) is 0 Å². The molecule has 0 spiro atoms. The average Bonchev–Trinajstić information content (AvgIpc) is 2.40. The van der Waals surface area contributed by atoms with Gasteiger partial charge in [0.1, 0.15) is 0 Å². The summed E-state index contributed by atoms with van der Waals surface area (Å²) in [5.74, 6) is 6.26. The summed E-state index contributed by atoms with van der Waals surface area (Å²) < 4.78 is 0. The molecule has 0 amide bonds. The molecule has 1 heterocycles. The molecule has 1 aliphatic heterocycles. The first kappa shape index (κ1) is 10.4. The van der Waals surface area contributed by atoms with Crippen molar-refractivity contribution in [1.82, 2.24) is 0 Å². The van der Waals surface area contributed by atoms with Gasteiger partial charge < -0.3 is 5.01 Å². The number of hydrogen-bond donors (Lipinski definition) is 1. The van der Waals surface area contributed by atoms with Crippen molar-refractivity contribution in [2.24, 2.45) is 5.84 Å². The van der Waals surface area contributed by atoms with Gasteiger partial charge in [0.05, 0.1) is 11.7 Å². The van der Waals surface area contributed by atoms with Crippen LogP contribution in [0.15, 0.2) is 54.6 Å². The predicted molar refractivity (Wildman–Crippen MR) is 70.6 cm³/mol. The van der Waals surface area contributed by atoms with Crippen LogP contribution in [0.3, 0.4) is 0 Å². The highest BCUT2D eigenvalue weighted by molar-refractivity contribution is 5.56. The van der Waals surface area contributed by atoms with Crippen LogP contribution < -0.4 is 10.9 Å². The molecule has 3 rings (SSSR count). The Balaban J connectivity index is 1.97. The number of nitrogens with two attached hydrogens (primary N) is 1. The highest BCUT2D eigenvalue weighted by Crippen LogP contribution is 2.35. The van der Waals surface area contributed by atoms with E-state index in [0.717, 1.165) is 18.5 Å². The fourth-order valence-electron chi connectivity index (χ4n) is 2.58. The zero-order chi connectivity index (χ0) is 11.7. The smallest absolute Gasteiger partial charge is 0.0705 e. The third-order valence-electron chi connectivity index (χ3n) is 3.48. The molecule has 0 bridgehead atoms. The van der Waals surface area contributed by atoms with Crippen LogP contribution in [0, 0.1) is 0 Å². The van der Waals surface area contributed by atoms with Crippen molar-refractivity contribution >= 4 is 5.69 Å². The van der Waals surface area contributed by atoms with Crippen molar-refractivity contribution in [2.45, 2.75) is 18.9 Å². The Morgan fingerprint density at radius 2 is 1.65 bits per heavy atom. The van der Waals surface area contributed by atoms with E-state index in [0.29, 0.717) is 6.04 Å². The van der Waals surface area contributed by atoms with Crippen molar-refractivity contribution in [2.75, 3.05) is 5.01 Å². The van der Waals surface area contributed by atoms with Crippen molar-refractivity contribution in [3.8, 4) is 0 Å². The Bertz CT molecular complexity index is 507. The maximum absolute atomic E-state index is 6.26. The third-order valence-corrected chi connectivity index (χ3v) is 3.48. The molecule has 0 saturated heterocycles. The van der Waals surface area contributed by atoms with E-state index in [4.69, 9.17) is 5.84 Å². The number of benzene rings is 2. The van der Waals surface area contributed by atoms with Gasteiger partial charge >= 0.3 is 0 Å². The molecule has 86 valence electrons. The number of fused-ring (bicyclic) bond motifs is 1. The van der Waals surface area contributed by atoms with Crippen LogP contribution in [0.2, 0.25) is 0 Å². The molecule has 1 aliphatic rings. The number of hydrogen-bond acceptors (Lipinski definition) is 2. The molecule has 2 aromatic carbocycles. The van der Waals surface area contributed by atoms with E-state index in [-0.39, 0.29) is 0 Å². The lowest BCUT2D eigenvalue weighted by molar-refractivity contribution is 0.560. The van der Waals surface area contributed by atoms with Gasteiger partial charge in [-0.2, -0.15) is 0 Å². The van der Waals surface area contributed by atoms with Gasteiger partial charge in [-0.05, 0) is 30.0 Å². The minimum atomic E-state index is 0.297. The zero-order valence-corrected chi connectivity index (χ0v) is 9.71. The number of anilines is 1. The maximum Gasteiger partial charge on any atom is 0.0705 e. The normalized spacial score (nSPS) is 18.9. The van der Waals surface area contributed by atoms with Crippen molar-refractivity contribution in [1.29, 1.82) is 0 Å². The standard InChI is InChI=1S/C15H16N2/c16-17-14-9-5-4-8-13(14)10-11-15(17)12-6-2-1-3-7-12/h1-9,15H,10-11,16H2/t15-/m1/s1. The number of rotatable bonds is 1. The van der Waals surface area contributed by atoms with Gasteiger partial charge in [0.2, 0.25) is 0 Å². The lowest BCUT2D eigenvalue weighted by Gasteiger charge is -2.35. The third kappa shape index (κ3) is 1.81. The van der Waals surface area contributed by atoms with Gasteiger partial charge in [-0.25, -0.2) is 5.84 Å². The molecule has 2 aromatic rings. The molecule has 17 heavy (non-hydrogen) atoms. The summed E-state index contributed by atoms with van der Waals surface area (Å²) in [4.78, 5) is 0. The SMILES string of the molecule is NN1c2ccccc2CC[C@@H]1c1ccccc1. The second-order valence-corrected chi connectivity index (χ2v) is 4.50. The molecule has 0 unspecified atom stereocenters. The monoisotopic (exact) mass is 224 g/mol. The lowest BCUT2D eigenvalue weighted by atomic mass is 9.93. The highest BCUT2D eigenvalue weighted by atomic mass is 15.4. The van der Waals surface area contributed by atoms with Crippen LogP contribution in [0.5, 0.6) is 0 Å². The van der Waals surface area contributed by atoms with Crippen LogP contribution in [-0.2, 0) is 6.42 Å². The Kier molecular flexibility index (Phi) is 2.57. The van der Waals surface area contributed by atoms with Crippen LogP contribution in [0.1, 0.15) is 23.6 Å². The first-order chi connectivity index (χ1) is 8.36. The Labute approximate surface area is 102 Å². The molecule has 0 saturated carbocycles. The van der Waals surface area contributed by atoms with Crippen molar-refractivity contribution < 1.29 is 0 Å².